The molecule has 1 aliphatic rings. The van der Waals surface area contributed by atoms with Crippen molar-refractivity contribution in [1.82, 2.24) is 24.6 Å². The van der Waals surface area contributed by atoms with Crippen LogP contribution in [0.3, 0.4) is 0 Å². The van der Waals surface area contributed by atoms with E-state index in [-0.39, 0.29) is 17.9 Å². The second-order valence-corrected chi connectivity index (χ2v) is 8.68. The van der Waals surface area contributed by atoms with Crippen LogP contribution < -0.4 is 5.32 Å². The molecule has 1 atom stereocenters. The van der Waals surface area contributed by atoms with E-state index >= 15 is 0 Å². The normalized spacial score (nSPS) is 15.2. The summed E-state index contributed by atoms with van der Waals surface area (Å²) in [5.41, 5.74) is 3.68. The molecule has 3 aromatic heterocycles. The van der Waals surface area contributed by atoms with Crippen LogP contribution in [0.25, 0.3) is 0 Å². The summed E-state index contributed by atoms with van der Waals surface area (Å²) in [6.07, 6.45) is 7.02. The minimum atomic E-state index is -0.328. The number of likely N-dealkylation sites (tertiary alicyclic amines) is 1. The molecule has 1 aliphatic heterocycles. The minimum absolute atomic E-state index is 0.0321. The fourth-order valence-corrected chi connectivity index (χ4v) is 4.35. The molecule has 2 amide bonds. The number of hydrogen-bond donors (Lipinski definition) is 1. The molecule has 0 spiro atoms. The summed E-state index contributed by atoms with van der Waals surface area (Å²) in [7, 11) is 0. The van der Waals surface area contributed by atoms with Crippen molar-refractivity contribution in [2.75, 3.05) is 11.9 Å². The molecule has 4 aromatic rings. The van der Waals surface area contributed by atoms with E-state index in [4.69, 9.17) is 0 Å². The molecule has 0 saturated carbocycles. The first-order chi connectivity index (χ1) is 17.1. The lowest BCUT2D eigenvalue weighted by Crippen LogP contribution is -2.31. The van der Waals surface area contributed by atoms with Crippen molar-refractivity contribution in [2.45, 2.75) is 32.4 Å². The van der Waals surface area contributed by atoms with E-state index in [0.29, 0.717) is 35.9 Å². The minimum Gasteiger partial charge on any atom is -0.330 e. The Labute approximate surface area is 203 Å². The summed E-state index contributed by atoms with van der Waals surface area (Å²) in [6.45, 7) is 3.19. The van der Waals surface area contributed by atoms with Gasteiger partial charge in [-0.15, -0.1) is 0 Å². The van der Waals surface area contributed by atoms with Gasteiger partial charge in [-0.05, 0) is 67.3 Å². The molecule has 0 radical (unpaired) electrons. The highest BCUT2D eigenvalue weighted by atomic mass is 16.2. The smallest absolute Gasteiger partial charge is 0.275 e. The van der Waals surface area contributed by atoms with Gasteiger partial charge in [-0.3, -0.25) is 14.3 Å². The molecule has 0 aliphatic carbocycles. The maximum Gasteiger partial charge on any atom is 0.275 e. The van der Waals surface area contributed by atoms with Crippen molar-refractivity contribution in [2.24, 2.45) is 0 Å². The molecule has 35 heavy (non-hydrogen) atoms. The Kier molecular flexibility index (Phi) is 6.34. The molecule has 0 unspecified atom stereocenters. The first-order valence-electron chi connectivity index (χ1n) is 11.6. The van der Waals surface area contributed by atoms with Crippen LogP contribution in [0.1, 0.15) is 56.6 Å². The number of anilines is 1. The van der Waals surface area contributed by atoms with Gasteiger partial charge >= 0.3 is 0 Å². The maximum atomic E-state index is 13.5. The van der Waals surface area contributed by atoms with E-state index in [1.807, 2.05) is 71.2 Å². The standard InChI is InChI=1S/C27H26N6O2/c1-19-11-12-25(28-17-19)31-26(34)23-9-3-8-22(30-23)24-10-4-15-33(24)27(35)21-7-2-6-20(16-21)18-32-14-5-13-29-32/h2-3,5-9,11-14,16-17,24H,4,10,15,18H2,1H3,(H,28,31,34)/t24-/m0/s1. The molecule has 1 N–H and O–H groups in total. The van der Waals surface area contributed by atoms with Gasteiger partial charge in [0, 0.05) is 30.7 Å². The third-order valence-electron chi connectivity index (χ3n) is 6.09. The quantitative estimate of drug-likeness (QED) is 0.458. The van der Waals surface area contributed by atoms with Gasteiger partial charge in [-0.2, -0.15) is 5.10 Å². The second kappa shape index (κ2) is 9.89. The lowest BCUT2D eigenvalue weighted by Gasteiger charge is -2.25. The Hall–Kier alpha value is -4.33. The van der Waals surface area contributed by atoms with Crippen LogP contribution in [0, 0.1) is 6.92 Å². The molecule has 1 saturated heterocycles. The van der Waals surface area contributed by atoms with Crippen LogP contribution in [0.5, 0.6) is 0 Å². The summed E-state index contributed by atoms with van der Waals surface area (Å²) in [6, 6.07) is 18.4. The van der Waals surface area contributed by atoms with Crippen molar-refractivity contribution in [3.05, 3.63) is 107 Å². The number of carbonyl (C=O) groups excluding carboxylic acids is 2. The molecule has 8 nitrogen and oxygen atoms in total. The number of nitrogens with one attached hydrogen (secondary N) is 1. The predicted octanol–water partition coefficient (Wildman–Crippen LogP) is 4.26. The molecular formula is C27H26N6O2. The van der Waals surface area contributed by atoms with E-state index in [1.165, 1.54) is 0 Å². The number of benzene rings is 1. The van der Waals surface area contributed by atoms with E-state index in [1.54, 1.807) is 24.5 Å². The third kappa shape index (κ3) is 5.11. The number of hydrogen-bond acceptors (Lipinski definition) is 5. The SMILES string of the molecule is Cc1ccc(NC(=O)c2cccc([C@@H]3CCCN3C(=O)c3cccc(Cn4cccn4)c3)n2)nc1. The molecule has 4 heterocycles. The molecule has 0 bridgehead atoms. The van der Waals surface area contributed by atoms with Gasteiger partial charge in [0.1, 0.15) is 11.5 Å². The maximum absolute atomic E-state index is 13.5. The summed E-state index contributed by atoms with van der Waals surface area (Å²) < 4.78 is 1.83. The highest BCUT2D eigenvalue weighted by Gasteiger charge is 2.32. The molecule has 5 rings (SSSR count). The van der Waals surface area contributed by atoms with E-state index in [0.717, 1.165) is 24.0 Å². The Morgan fingerprint density at radius 3 is 2.77 bits per heavy atom. The molecular weight excluding hydrogens is 440 g/mol. The summed E-state index contributed by atoms with van der Waals surface area (Å²) >= 11 is 0. The van der Waals surface area contributed by atoms with Gasteiger partial charge in [0.25, 0.3) is 11.8 Å². The molecule has 1 aromatic carbocycles. The van der Waals surface area contributed by atoms with Crippen LogP contribution >= 0.6 is 0 Å². The first-order valence-corrected chi connectivity index (χ1v) is 11.6. The van der Waals surface area contributed by atoms with Gasteiger partial charge in [-0.25, -0.2) is 9.97 Å². The number of aromatic nitrogens is 4. The Bertz CT molecular complexity index is 1330. The predicted molar refractivity (Wildman–Crippen MR) is 132 cm³/mol. The first kappa shape index (κ1) is 22.5. The van der Waals surface area contributed by atoms with Crippen molar-refractivity contribution < 1.29 is 9.59 Å². The Morgan fingerprint density at radius 1 is 1.09 bits per heavy atom. The van der Waals surface area contributed by atoms with E-state index in [2.05, 4.69) is 20.4 Å². The van der Waals surface area contributed by atoms with Gasteiger partial charge in [-0.1, -0.05) is 24.3 Å². The number of carbonyl (C=O) groups is 2. The fourth-order valence-electron chi connectivity index (χ4n) is 4.35. The lowest BCUT2D eigenvalue weighted by atomic mass is 10.1. The van der Waals surface area contributed by atoms with Crippen LogP contribution in [0.2, 0.25) is 0 Å². The average Bonchev–Trinajstić information content (AvgIpc) is 3.58. The number of rotatable bonds is 6. The van der Waals surface area contributed by atoms with E-state index < -0.39 is 0 Å². The van der Waals surface area contributed by atoms with Crippen molar-refractivity contribution in [1.29, 1.82) is 0 Å². The van der Waals surface area contributed by atoms with Crippen LogP contribution in [-0.4, -0.2) is 43.0 Å². The zero-order valence-electron chi connectivity index (χ0n) is 19.5. The number of amides is 2. The van der Waals surface area contributed by atoms with Gasteiger partial charge in [0.15, 0.2) is 0 Å². The van der Waals surface area contributed by atoms with Gasteiger partial charge < -0.3 is 10.2 Å². The Balaban J connectivity index is 1.33. The second-order valence-electron chi connectivity index (χ2n) is 8.68. The molecule has 8 heteroatoms. The monoisotopic (exact) mass is 466 g/mol. The fraction of sp³-hybridized carbons (Fsp3) is 0.222. The largest absolute Gasteiger partial charge is 0.330 e. The summed E-state index contributed by atoms with van der Waals surface area (Å²) in [4.78, 5) is 36.9. The van der Waals surface area contributed by atoms with Crippen LogP contribution in [0.4, 0.5) is 5.82 Å². The van der Waals surface area contributed by atoms with Crippen LogP contribution in [-0.2, 0) is 6.54 Å². The lowest BCUT2D eigenvalue weighted by molar-refractivity contribution is 0.0732. The third-order valence-corrected chi connectivity index (χ3v) is 6.09. The van der Waals surface area contributed by atoms with Crippen molar-refractivity contribution in [3.63, 3.8) is 0 Å². The van der Waals surface area contributed by atoms with Crippen LogP contribution in [0.15, 0.2) is 79.3 Å². The van der Waals surface area contributed by atoms with Gasteiger partial charge in [0.2, 0.25) is 0 Å². The topological polar surface area (TPSA) is 93.0 Å². The highest BCUT2D eigenvalue weighted by molar-refractivity contribution is 6.02. The number of pyridine rings is 2. The highest BCUT2D eigenvalue weighted by Crippen LogP contribution is 2.32. The summed E-state index contributed by atoms with van der Waals surface area (Å²) in [5, 5.41) is 7.03. The Morgan fingerprint density at radius 2 is 1.97 bits per heavy atom. The average molecular weight is 467 g/mol. The van der Waals surface area contributed by atoms with Crippen molar-refractivity contribution in [3.8, 4) is 0 Å². The number of nitrogens with zero attached hydrogens (tertiary/aromatic N) is 5. The van der Waals surface area contributed by atoms with E-state index in [9.17, 15) is 9.59 Å². The number of aryl methyl sites for hydroxylation is 1. The van der Waals surface area contributed by atoms with Gasteiger partial charge in [0.05, 0.1) is 18.3 Å². The zero-order valence-corrected chi connectivity index (χ0v) is 19.5. The summed E-state index contributed by atoms with van der Waals surface area (Å²) in [5.74, 6) is 0.112. The van der Waals surface area contributed by atoms with Crippen molar-refractivity contribution >= 4 is 17.6 Å². The molecule has 1 fully saturated rings. The zero-order chi connectivity index (χ0) is 24.2. The molecule has 176 valence electrons.